The maximum atomic E-state index is 14.3. The number of rotatable bonds is 4. The van der Waals surface area contributed by atoms with Gasteiger partial charge in [0.1, 0.15) is 10.7 Å². The van der Waals surface area contributed by atoms with Crippen LogP contribution in [-0.4, -0.2) is 49.9 Å². The Kier molecular flexibility index (Phi) is 5.37. The number of para-hydroxylation sites is 1. The van der Waals surface area contributed by atoms with Gasteiger partial charge in [0.25, 0.3) is 5.91 Å². The number of nitrogens with zero attached hydrogens (tertiary/aromatic N) is 1. The molecule has 8 nitrogen and oxygen atoms in total. The van der Waals surface area contributed by atoms with E-state index < -0.39 is 32.2 Å². The standard InChI is InChI=1S/C20H18FN3O5S/c21-16-6-5-13(11-18(16)30(27,28)24-7-9-29-10-8-24)22-20(26)15-12-19(25)23-17-4-2-1-3-14(15)17/h1-6,11-12H,7-10H2,(H,22,26)(H,23,25). The van der Waals surface area contributed by atoms with Gasteiger partial charge in [-0.2, -0.15) is 4.31 Å². The van der Waals surface area contributed by atoms with Crippen molar-refractivity contribution in [3.05, 3.63) is 70.3 Å². The van der Waals surface area contributed by atoms with E-state index in [1.165, 1.54) is 6.07 Å². The summed E-state index contributed by atoms with van der Waals surface area (Å²) in [5.74, 6) is -1.53. The second kappa shape index (κ2) is 7.98. The Labute approximate surface area is 171 Å². The Hall–Kier alpha value is -3.08. The number of anilines is 1. The Morgan fingerprint density at radius 1 is 1.10 bits per heavy atom. The van der Waals surface area contributed by atoms with E-state index in [4.69, 9.17) is 4.74 Å². The summed E-state index contributed by atoms with van der Waals surface area (Å²) in [6, 6.07) is 11.3. The fourth-order valence-electron chi connectivity index (χ4n) is 3.30. The number of fused-ring (bicyclic) bond motifs is 1. The largest absolute Gasteiger partial charge is 0.379 e. The van der Waals surface area contributed by atoms with Gasteiger partial charge in [0.2, 0.25) is 15.6 Å². The van der Waals surface area contributed by atoms with Crippen LogP contribution in [0.25, 0.3) is 10.9 Å². The smallest absolute Gasteiger partial charge is 0.256 e. The number of H-pyrrole nitrogens is 1. The molecule has 3 aromatic rings. The summed E-state index contributed by atoms with van der Waals surface area (Å²) in [4.78, 5) is 26.8. The molecule has 10 heteroatoms. The van der Waals surface area contributed by atoms with E-state index in [0.717, 1.165) is 22.5 Å². The zero-order valence-electron chi connectivity index (χ0n) is 15.7. The first-order valence-electron chi connectivity index (χ1n) is 9.17. The highest BCUT2D eigenvalue weighted by Gasteiger charge is 2.29. The van der Waals surface area contributed by atoms with Crippen LogP contribution in [0.15, 0.2) is 58.2 Å². The SMILES string of the molecule is O=C(Nc1ccc(F)c(S(=O)(=O)N2CCOCC2)c1)c1cc(=O)[nH]c2ccccc12. The van der Waals surface area contributed by atoms with E-state index >= 15 is 0 Å². The minimum absolute atomic E-state index is 0.0950. The quantitative estimate of drug-likeness (QED) is 0.656. The molecule has 1 saturated heterocycles. The summed E-state index contributed by atoms with van der Waals surface area (Å²) in [6.45, 7) is 0.702. The first-order valence-corrected chi connectivity index (χ1v) is 10.6. The van der Waals surface area contributed by atoms with Crippen molar-refractivity contribution in [2.24, 2.45) is 0 Å². The topological polar surface area (TPSA) is 109 Å². The maximum absolute atomic E-state index is 14.3. The molecule has 1 aliphatic heterocycles. The van der Waals surface area contributed by atoms with E-state index in [-0.39, 0.29) is 37.6 Å². The van der Waals surface area contributed by atoms with Crippen molar-refractivity contribution in [1.82, 2.24) is 9.29 Å². The van der Waals surface area contributed by atoms with Gasteiger partial charge in [0.15, 0.2) is 0 Å². The minimum atomic E-state index is -4.08. The van der Waals surface area contributed by atoms with Gasteiger partial charge in [0, 0.05) is 35.7 Å². The molecule has 1 aromatic heterocycles. The van der Waals surface area contributed by atoms with Crippen LogP contribution >= 0.6 is 0 Å². The number of aromatic nitrogens is 1. The number of ether oxygens (including phenoxy) is 1. The molecule has 1 amide bonds. The van der Waals surface area contributed by atoms with Gasteiger partial charge in [0.05, 0.1) is 18.8 Å². The molecule has 2 aromatic carbocycles. The predicted molar refractivity (Wildman–Crippen MR) is 108 cm³/mol. The molecule has 0 radical (unpaired) electrons. The Morgan fingerprint density at radius 3 is 2.60 bits per heavy atom. The summed E-state index contributed by atoms with van der Waals surface area (Å²) in [6.07, 6.45) is 0. The highest BCUT2D eigenvalue weighted by molar-refractivity contribution is 7.89. The Balaban J connectivity index is 1.67. The number of hydrogen-bond donors (Lipinski definition) is 2. The molecule has 1 aliphatic rings. The molecular weight excluding hydrogens is 413 g/mol. The van der Waals surface area contributed by atoms with Crippen molar-refractivity contribution in [2.75, 3.05) is 31.6 Å². The van der Waals surface area contributed by atoms with Gasteiger partial charge in [-0.1, -0.05) is 18.2 Å². The number of benzene rings is 2. The molecular formula is C20H18FN3O5S. The summed E-state index contributed by atoms with van der Waals surface area (Å²) in [5, 5.41) is 3.08. The van der Waals surface area contributed by atoms with Crippen molar-refractivity contribution in [2.45, 2.75) is 4.90 Å². The molecule has 30 heavy (non-hydrogen) atoms. The van der Waals surface area contributed by atoms with Crippen LogP contribution in [0, 0.1) is 5.82 Å². The van der Waals surface area contributed by atoms with Crippen LogP contribution in [0.2, 0.25) is 0 Å². The molecule has 0 unspecified atom stereocenters. The van der Waals surface area contributed by atoms with Gasteiger partial charge in [-0.3, -0.25) is 9.59 Å². The van der Waals surface area contributed by atoms with Gasteiger partial charge in [-0.05, 0) is 24.3 Å². The van der Waals surface area contributed by atoms with Crippen molar-refractivity contribution in [3.63, 3.8) is 0 Å². The lowest BCUT2D eigenvalue weighted by Crippen LogP contribution is -2.40. The third kappa shape index (κ3) is 3.84. The molecule has 156 valence electrons. The molecule has 0 aliphatic carbocycles. The average molecular weight is 431 g/mol. The lowest BCUT2D eigenvalue weighted by atomic mass is 10.1. The van der Waals surface area contributed by atoms with Gasteiger partial charge in [-0.25, -0.2) is 12.8 Å². The molecule has 2 N–H and O–H groups in total. The van der Waals surface area contributed by atoms with Gasteiger partial charge in [-0.15, -0.1) is 0 Å². The molecule has 0 spiro atoms. The maximum Gasteiger partial charge on any atom is 0.256 e. The normalized spacial score (nSPS) is 15.2. The lowest BCUT2D eigenvalue weighted by molar-refractivity contribution is 0.0729. The first kappa shape index (κ1) is 20.2. The highest BCUT2D eigenvalue weighted by Crippen LogP contribution is 2.25. The number of pyridine rings is 1. The number of sulfonamides is 1. The average Bonchev–Trinajstić information content (AvgIpc) is 2.75. The van der Waals surface area contributed by atoms with Crippen LogP contribution in [0.1, 0.15) is 10.4 Å². The second-order valence-corrected chi connectivity index (χ2v) is 8.61. The Morgan fingerprint density at radius 2 is 1.83 bits per heavy atom. The summed E-state index contributed by atoms with van der Waals surface area (Å²) in [7, 11) is -4.08. The van der Waals surface area contributed by atoms with E-state index in [1.807, 2.05) is 0 Å². The van der Waals surface area contributed by atoms with Crippen LogP contribution in [-0.2, 0) is 14.8 Å². The molecule has 1 fully saturated rings. The summed E-state index contributed by atoms with van der Waals surface area (Å²) < 4.78 is 46.3. The molecule has 0 bridgehead atoms. The van der Waals surface area contributed by atoms with Crippen molar-refractivity contribution >= 4 is 32.5 Å². The van der Waals surface area contributed by atoms with Crippen LogP contribution in [0.3, 0.4) is 0 Å². The van der Waals surface area contributed by atoms with Gasteiger partial charge < -0.3 is 15.0 Å². The number of hydrogen-bond acceptors (Lipinski definition) is 5. The number of amides is 1. The monoisotopic (exact) mass is 431 g/mol. The number of morpholine rings is 1. The van der Waals surface area contributed by atoms with Gasteiger partial charge >= 0.3 is 0 Å². The fourth-order valence-corrected chi connectivity index (χ4v) is 4.79. The Bertz CT molecular complexity index is 1280. The van der Waals surface area contributed by atoms with E-state index in [2.05, 4.69) is 10.3 Å². The second-order valence-electron chi connectivity index (χ2n) is 6.71. The zero-order valence-corrected chi connectivity index (χ0v) is 16.5. The predicted octanol–water partition coefficient (Wildman–Crippen LogP) is 1.94. The van der Waals surface area contributed by atoms with Crippen molar-refractivity contribution in [1.29, 1.82) is 0 Å². The molecule has 4 rings (SSSR count). The third-order valence-electron chi connectivity index (χ3n) is 4.77. The number of carbonyl (C=O) groups is 1. The van der Waals surface area contributed by atoms with Crippen molar-refractivity contribution < 1.29 is 22.3 Å². The molecule has 2 heterocycles. The van der Waals surface area contributed by atoms with E-state index in [9.17, 15) is 22.4 Å². The fraction of sp³-hybridized carbons (Fsp3) is 0.200. The summed E-state index contributed by atoms with van der Waals surface area (Å²) >= 11 is 0. The zero-order chi connectivity index (χ0) is 21.3. The molecule has 0 saturated carbocycles. The summed E-state index contributed by atoms with van der Waals surface area (Å²) in [5.41, 5.74) is 0.257. The lowest BCUT2D eigenvalue weighted by Gasteiger charge is -2.26. The number of carbonyl (C=O) groups excluding carboxylic acids is 1. The van der Waals surface area contributed by atoms with Crippen molar-refractivity contribution in [3.8, 4) is 0 Å². The van der Waals surface area contributed by atoms with E-state index in [0.29, 0.717) is 10.9 Å². The van der Waals surface area contributed by atoms with Crippen LogP contribution in [0.5, 0.6) is 0 Å². The van der Waals surface area contributed by atoms with Crippen LogP contribution in [0.4, 0.5) is 10.1 Å². The number of aromatic amines is 1. The van der Waals surface area contributed by atoms with Crippen LogP contribution < -0.4 is 10.9 Å². The minimum Gasteiger partial charge on any atom is -0.379 e. The number of nitrogens with one attached hydrogen (secondary N) is 2. The third-order valence-corrected chi connectivity index (χ3v) is 6.69. The van der Waals surface area contributed by atoms with E-state index in [1.54, 1.807) is 24.3 Å². The first-order chi connectivity index (χ1) is 14.4. The number of halogens is 1. The molecule has 0 atom stereocenters. The highest BCUT2D eigenvalue weighted by atomic mass is 32.2.